The maximum absolute atomic E-state index is 11.8. The molecule has 2 rings (SSSR count). The number of likely N-dealkylation sites (tertiary alicyclic amines) is 1. The van der Waals surface area contributed by atoms with Gasteiger partial charge in [0.1, 0.15) is 6.54 Å². The number of non-ortho nitro benzene ring substituents is 1. The summed E-state index contributed by atoms with van der Waals surface area (Å²) in [5.41, 5.74) is 0.691. The van der Waals surface area contributed by atoms with Gasteiger partial charge in [-0.15, -0.1) is 0 Å². The number of nitrogens with zero attached hydrogens (tertiary/aromatic N) is 2. The van der Waals surface area contributed by atoms with Crippen molar-refractivity contribution in [2.45, 2.75) is 25.7 Å². The second-order valence-corrected chi connectivity index (χ2v) is 6.37. The third-order valence-electron chi connectivity index (χ3n) is 4.21. The number of anilines is 1. The Bertz CT molecular complexity index is 707. The zero-order valence-corrected chi connectivity index (χ0v) is 15.5. The monoisotopic (exact) mass is 392 g/mol. The van der Waals surface area contributed by atoms with Crippen molar-refractivity contribution in [2.24, 2.45) is 0 Å². The Morgan fingerprint density at radius 3 is 2.61 bits per heavy atom. The number of amides is 2. The van der Waals surface area contributed by atoms with E-state index in [2.05, 4.69) is 10.6 Å². The number of benzene rings is 1. The summed E-state index contributed by atoms with van der Waals surface area (Å²) in [6.45, 7) is 0.693. The first kappa shape index (κ1) is 21.1. The highest BCUT2D eigenvalue weighted by Crippen LogP contribution is 2.15. The number of carbonyl (C=O) groups excluding carboxylic acids is 3. The minimum atomic E-state index is -0.602. The quantitative estimate of drug-likeness (QED) is 0.278. The van der Waals surface area contributed by atoms with Crippen molar-refractivity contribution in [3.05, 3.63) is 34.4 Å². The molecule has 2 amide bonds. The van der Waals surface area contributed by atoms with Crippen LogP contribution in [0.4, 0.5) is 11.4 Å². The Labute approximate surface area is 162 Å². The lowest BCUT2D eigenvalue weighted by Gasteiger charge is -2.19. The highest BCUT2D eigenvalue weighted by atomic mass is 16.6. The van der Waals surface area contributed by atoms with Gasteiger partial charge in [0.05, 0.1) is 4.92 Å². The number of nitrogens with one attached hydrogen (secondary N) is 2. The van der Waals surface area contributed by atoms with E-state index in [1.807, 2.05) is 0 Å². The van der Waals surface area contributed by atoms with Crippen molar-refractivity contribution >= 4 is 29.2 Å². The van der Waals surface area contributed by atoms with E-state index in [0.717, 1.165) is 19.3 Å². The van der Waals surface area contributed by atoms with Crippen LogP contribution in [-0.4, -0.2) is 60.4 Å². The Kier molecular flexibility index (Phi) is 8.19. The molecular weight excluding hydrogens is 368 g/mol. The smallest absolute Gasteiger partial charge is 0.326 e. The molecule has 0 saturated carbocycles. The molecule has 0 aromatic heterocycles. The molecule has 0 spiro atoms. The first-order valence-corrected chi connectivity index (χ1v) is 9.14. The van der Waals surface area contributed by atoms with E-state index < -0.39 is 23.4 Å². The fourth-order valence-corrected chi connectivity index (χ4v) is 2.71. The Hall–Kier alpha value is -3.17. The SMILES string of the molecule is O=C(COC(=O)CN1CCCCCC1=O)NCCNc1ccc([N+](=O)[O-])cc1. The van der Waals surface area contributed by atoms with Gasteiger partial charge in [-0.25, -0.2) is 0 Å². The van der Waals surface area contributed by atoms with Crippen molar-refractivity contribution in [3.63, 3.8) is 0 Å². The summed E-state index contributed by atoms with van der Waals surface area (Å²) in [4.78, 5) is 46.9. The number of rotatable bonds is 9. The van der Waals surface area contributed by atoms with Gasteiger partial charge in [-0.1, -0.05) is 6.42 Å². The van der Waals surface area contributed by atoms with Crippen LogP contribution in [-0.2, 0) is 19.1 Å². The van der Waals surface area contributed by atoms with Crippen LogP contribution in [0.5, 0.6) is 0 Å². The first-order valence-electron chi connectivity index (χ1n) is 9.14. The number of ether oxygens (including phenoxy) is 1. The fourth-order valence-electron chi connectivity index (χ4n) is 2.71. The predicted octanol–water partition coefficient (Wildman–Crippen LogP) is 1.07. The number of esters is 1. The van der Waals surface area contributed by atoms with Gasteiger partial charge in [-0.3, -0.25) is 24.5 Å². The zero-order chi connectivity index (χ0) is 20.4. The molecule has 1 aromatic rings. The molecule has 1 saturated heterocycles. The van der Waals surface area contributed by atoms with Crippen molar-refractivity contribution < 1.29 is 24.0 Å². The minimum absolute atomic E-state index is 0.00236. The number of nitro groups is 1. The molecule has 1 aliphatic rings. The van der Waals surface area contributed by atoms with E-state index >= 15 is 0 Å². The van der Waals surface area contributed by atoms with Crippen LogP contribution in [0, 0.1) is 10.1 Å². The highest BCUT2D eigenvalue weighted by Gasteiger charge is 2.20. The maximum Gasteiger partial charge on any atom is 0.326 e. The molecule has 0 aliphatic carbocycles. The molecule has 2 N–H and O–H groups in total. The van der Waals surface area contributed by atoms with Gasteiger partial charge in [0.2, 0.25) is 5.91 Å². The van der Waals surface area contributed by atoms with Gasteiger partial charge >= 0.3 is 5.97 Å². The maximum atomic E-state index is 11.8. The lowest BCUT2D eigenvalue weighted by Crippen LogP contribution is -2.38. The third-order valence-corrected chi connectivity index (χ3v) is 4.21. The van der Waals surface area contributed by atoms with Crippen LogP contribution in [0.3, 0.4) is 0 Å². The van der Waals surface area contributed by atoms with Crippen LogP contribution in [0.15, 0.2) is 24.3 Å². The molecule has 0 atom stereocenters. The summed E-state index contributed by atoms with van der Waals surface area (Å²) >= 11 is 0. The lowest BCUT2D eigenvalue weighted by molar-refractivity contribution is -0.384. The van der Waals surface area contributed by atoms with Crippen molar-refractivity contribution in [1.82, 2.24) is 10.2 Å². The summed E-state index contributed by atoms with van der Waals surface area (Å²) in [6.07, 6.45) is 3.10. The molecule has 0 bridgehead atoms. The fraction of sp³-hybridized carbons (Fsp3) is 0.500. The third kappa shape index (κ3) is 7.22. The van der Waals surface area contributed by atoms with Crippen molar-refractivity contribution in [2.75, 3.05) is 38.1 Å². The second kappa shape index (κ2) is 10.9. The number of hydrogen-bond acceptors (Lipinski definition) is 7. The molecule has 28 heavy (non-hydrogen) atoms. The zero-order valence-electron chi connectivity index (χ0n) is 15.5. The van der Waals surface area contributed by atoms with E-state index in [1.54, 1.807) is 12.1 Å². The van der Waals surface area contributed by atoms with Crippen molar-refractivity contribution in [1.29, 1.82) is 0 Å². The largest absolute Gasteiger partial charge is 0.454 e. The van der Waals surface area contributed by atoms with Gasteiger partial charge < -0.3 is 20.3 Å². The minimum Gasteiger partial charge on any atom is -0.454 e. The summed E-state index contributed by atoms with van der Waals surface area (Å²) in [6, 6.07) is 5.92. The van der Waals surface area contributed by atoms with Crippen LogP contribution >= 0.6 is 0 Å². The Morgan fingerprint density at radius 1 is 1.14 bits per heavy atom. The summed E-state index contributed by atoms with van der Waals surface area (Å²) in [7, 11) is 0. The average Bonchev–Trinajstić information content (AvgIpc) is 2.88. The van der Waals surface area contributed by atoms with E-state index in [0.29, 0.717) is 25.2 Å². The van der Waals surface area contributed by atoms with Gasteiger partial charge in [0, 0.05) is 43.9 Å². The van der Waals surface area contributed by atoms with Crippen LogP contribution in [0.25, 0.3) is 0 Å². The number of hydrogen-bond donors (Lipinski definition) is 2. The molecular formula is C18H24N4O6. The normalized spacial score (nSPS) is 14.1. The van der Waals surface area contributed by atoms with Crippen LogP contribution in [0.1, 0.15) is 25.7 Å². The summed E-state index contributed by atoms with van der Waals surface area (Å²) < 4.78 is 4.92. The number of nitro benzene ring substituents is 1. The molecule has 1 aromatic carbocycles. The van der Waals surface area contributed by atoms with Gasteiger partial charge in [0.15, 0.2) is 6.61 Å². The molecule has 10 heteroatoms. The van der Waals surface area contributed by atoms with E-state index in [9.17, 15) is 24.5 Å². The van der Waals surface area contributed by atoms with Gasteiger partial charge in [0.25, 0.3) is 11.6 Å². The van der Waals surface area contributed by atoms with E-state index in [1.165, 1.54) is 17.0 Å². The lowest BCUT2D eigenvalue weighted by atomic mass is 10.2. The Balaban J connectivity index is 1.59. The Morgan fingerprint density at radius 2 is 1.89 bits per heavy atom. The van der Waals surface area contributed by atoms with E-state index in [-0.39, 0.29) is 24.7 Å². The molecule has 1 aliphatic heterocycles. The van der Waals surface area contributed by atoms with Crippen molar-refractivity contribution in [3.8, 4) is 0 Å². The van der Waals surface area contributed by atoms with Gasteiger partial charge in [-0.05, 0) is 25.0 Å². The molecule has 0 unspecified atom stereocenters. The van der Waals surface area contributed by atoms with Crippen LogP contribution < -0.4 is 10.6 Å². The summed E-state index contributed by atoms with van der Waals surface area (Å²) in [5.74, 6) is -1.10. The molecule has 152 valence electrons. The van der Waals surface area contributed by atoms with Crippen LogP contribution in [0.2, 0.25) is 0 Å². The molecule has 10 nitrogen and oxygen atoms in total. The highest BCUT2D eigenvalue weighted by molar-refractivity contribution is 5.84. The summed E-state index contributed by atoms with van der Waals surface area (Å²) in [5, 5.41) is 16.2. The average molecular weight is 392 g/mol. The second-order valence-electron chi connectivity index (χ2n) is 6.37. The number of carbonyl (C=O) groups is 3. The molecule has 1 heterocycles. The van der Waals surface area contributed by atoms with E-state index in [4.69, 9.17) is 4.74 Å². The van der Waals surface area contributed by atoms with Gasteiger partial charge in [-0.2, -0.15) is 0 Å². The predicted molar refractivity (Wildman–Crippen MR) is 101 cm³/mol. The first-order chi connectivity index (χ1) is 13.5. The topological polar surface area (TPSA) is 131 Å². The molecule has 0 radical (unpaired) electrons. The molecule has 1 fully saturated rings. The standard InChI is InChI=1S/C18H24N4O6/c23-16(13-28-18(25)12-21-11-3-1-2-4-17(21)24)20-10-9-19-14-5-7-15(8-6-14)22(26)27/h5-8,19H,1-4,9-13H2,(H,20,23).